The molecular weight excluding hydrogens is 370 g/mol. The highest BCUT2D eigenvalue weighted by Gasteiger charge is 2.16. The van der Waals surface area contributed by atoms with Crippen LogP contribution in [-0.2, 0) is 4.79 Å². The van der Waals surface area contributed by atoms with Crippen LogP contribution in [0.1, 0.15) is 29.0 Å². The second-order valence-corrected chi connectivity index (χ2v) is 6.69. The second kappa shape index (κ2) is 7.55. The molecule has 4 rings (SSSR count). The molecule has 29 heavy (non-hydrogen) atoms. The monoisotopic (exact) mass is 389 g/mol. The summed E-state index contributed by atoms with van der Waals surface area (Å²) in [4.78, 5) is 28.7. The minimum atomic E-state index is -0.492. The zero-order valence-electron chi connectivity index (χ0n) is 15.9. The summed E-state index contributed by atoms with van der Waals surface area (Å²) in [5.41, 5.74) is 3.40. The molecule has 146 valence electrons. The zero-order chi connectivity index (χ0) is 20.4. The highest BCUT2D eigenvalue weighted by atomic mass is 16.2. The van der Waals surface area contributed by atoms with Crippen molar-refractivity contribution in [2.24, 2.45) is 0 Å². The van der Waals surface area contributed by atoms with Gasteiger partial charge < -0.3 is 10.6 Å². The Labute approximate surface area is 166 Å². The molecule has 0 saturated carbocycles. The molecule has 2 amide bonds. The number of aryl methyl sites for hydroxylation is 1. The van der Waals surface area contributed by atoms with Crippen molar-refractivity contribution in [1.82, 2.24) is 25.0 Å². The Morgan fingerprint density at radius 1 is 1.07 bits per heavy atom. The molecule has 0 saturated heterocycles. The molecule has 0 fully saturated rings. The number of aromatic amines is 1. The van der Waals surface area contributed by atoms with E-state index in [4.69, 9.17) is 0 Å². The van der Waals surface area contributed by atoms with E-state index in [0.29, 0.717) is 17.1 Å². The van der Waals surface area contributed by atoms with Gasteiger partial charge in [-0.05, 0) is 50.2 Å². The lowest BCUT2D eigenvalue weighted by Crippen LogP contribution is -2.24. The van der Waals surface area contributed by atoms with Gasteiger partial charge in [-0.25, -0.2) is 9.67 Å². The molecule has 1 unspecified atom stereocenters. The van der Waals surface area contributed by atoms with Gasteiger partial charge in [-0.3, -0.25) is 14.7 Å². The lowest BCUT2D eigenvalue weighted by molar-refractivity contribution is -0.119. The maximum atomic E-state index is 12.6. The van der Waals surface area contributed by atoms with Crippen LogP contribution in [0.3, 0.4) is 0 Å². The van der Waals surface area contributed by atoms with Gasteiger partial charge in [0.05, 0.1) is 5.52 Å². The number of carbonyl (C=O) groups is 2. The highest BCUT2D eigenvalue weighted by Crippen LogP contribution is 2.20. The molecule has 2 aromatic heterocycles. The smallest absolute Gasteiger partial charge is 0.276 e. The molecule has 0 aliphatic rings. The van der Waals surface area contributed by atoms with Gasteiger partial charge in [0, 0.05) is 16.8 Å². The molecule has 0 spiro atoms. The first-order chi connectivity index (χ1) is 14.0. The Kier molecular flexibility index (Phi) is 4.78. The van der Waals surface area contributed by atoms with Crippen LogP contribution in [0.15, 0.2) is 55.1 Å². The van der Waals surface area contributed by atoms with Crippen molar-refractivity contribution < 1.29 is 9.59 Å². The van der Waals surface area contributed by atoms with E-state index in [9.17, 15) is 9.59 Å². The fourth-order valence-electron chi connectivity index (χ4n) is 2.91. The summed E-state index contributed by atoms with van der Waals surface area (Å²) in [5.74, 6) is -0.524. The standard InChI is InChI=1S/C20H19N7O2/c1-12-3-8-17-16(9-12)18(26-25-17)20(29)24-15-6-4-14(5-7-15)23-19(28)13(2)27-11-21-10-22-27/h3-11,13H,1-2H3,(H,23,28)(H,24,29)(H,25,26). The van der Waals surface area contributed by atoms with Crippen LogP contribution in [-0.4, -0.2) is 36.8 Å². The topological polar surface area (TPSA) is 118 Å². The maximum absolute atomic E-state index is 12.6. The molecule has 9 heteroatoms. The summed E-state index contributed by atoms with van der Waals surface area (Å²) in [6.07, 6.45) is 2.87. The Morgan fingerprint density at radius 2 is 1.79 bits per heavy atom. The molecule has 0 aliphatic heterocycles. The minimum absolute atomic E-state index is 0.217. The maximum Gasteiger partial charge on any atom is 0.276 e. The van der Waals surface area contributed by atoms with Gasteiger partial charge >= 0.3 is 0 Å². The first-order valence-electron chi connectivity index (χ1n) is 9.02. The van der Waals surface area contributed by atoms with Crippen molar-refractivity contribution in [2.45, 2.75) is 19.9 Å². The first-order valence-corrected chi connectivity index (χ1v) is 9.02. The van der Waals surface area contributed by atoms with E-state index in [2.05, 4.69) is 30.9 Å². The van der Waals surface area contributed by atoms with Crippen LogP contribution in [0.2, 0.25) is 0 Å². The average Bonchev–Trinajstić information content (AvgIpc) is 3.38. The van der Waals surface area contributed by atoms with Gasteiger partial charge in [0.1, 0.15) is 18.7 Å². The normalized spacial score (nSPS) is 11.9. The molecule has 0 radical (unpaired) electrons. The van der Waals surface area contributed by atoms with Gasteiger partial charge in [0.2, 0.25) is 5.91 Å². The highest BCUT2D eigenvalue weighted by molar-refractivity contribution is 6.11. The molecule has 9 nitrogen and oxygen atoms in total. The van der Waals surface area contributed by atoms with Crippen molar-refractivity contribution in [2.75, 3.05) is 10.6 Å². The summed E-state index contributed by atoms with van der Waals surface area (Å²) in [5, 5.41) is 17.4. The van der Waals surface area contributed by atoms with Crippen LogP contribution >= 0.6 is 0 Å². The van der Waals surface area contributed by atoms with E-state index in [1.54, 1.807) is 31.2 Å². The Morgan fingerprint density at radius 3 is 2.48 bits per heavy atom. The fraction of sp³-hybridized carbons (Fsp3) is 0.150. The molecule has 0 bridgehead atoms. The van der Waals surface area contributed by atoms with E-state index >= 15 is 0 Å². The molecule has 4 aromatic rings. The van der Waals surface area contributed by atoms with Crippen LogP contribution in [0.4, 0.5) is 11.4 Å². The molecule has 0 aliphatic carbocycles. The lowest BCUT2D eigenvalue weighted by Gasteiger charge is -2.12. The Hall–Kier alpha value is -4.01. The van der Waals surface area contributed by atoms with Crippen molar-refractivity contribution >= 4 is 34.1 Å². The van der Waals surface area contributed by atoms with Crippen molar-refractivity contribution in [3.8, 4) is 0 Å². The van der Waals surface area contributed by atoms with E-state index in [1.807, 2.05) is 25.1 Å². The molecular formula is C20H19N7O2. The van der Waals surface area contributed by atoms with Crippen molar-refractivity contribution in [3.63, 3.8) is 0 Å². The number of benzene rings is 2. The van der Waals surface area contributed by atoms with Crippen molar-refractivity contribution in [3.05, 3.63) is 66.4 Å². The van der Waals surface area contributed by atoms with E-state index < -0.39 is 6.04 Å². The molecule has 2 aromatic carbocycles. The molecule has 3 N–H and O–H groups in total. The number of amides is 2. The number of fused-ring (bicyclic) bond motifs is 1. The number of hydrogen-bond donors (Lipinski definition) is 3. The van der Waals surface area contributed by atoms with E-state index in [1.165, 1.54) is 17.3 Å². The lowest BCUT2D eigenvalue weighted by atomic mass is 10.1. The number of rotatable bonds is 5. The van der Waals surface area contributed by atoms with Crippen molar-refractivity contribution in [1.29, 1.82) is 0 Å². The predicted molar refractivity (Wildman–Crippen MR) is 109 cm³/mol. The summed E-state index contributed by atoms with van der Waals surface area (Å²) in [7, 11) is 0. The van der Waals surface area contributed by atoms with E-state index in [0.717, 1.165) is 16.5 Å². The van der Waals surface area contributed by atoms with Gasteiger partial charge in [0.15, 0.2) is 5.69 Å². The Balaban J connectivity index is 1.43. The number of nitrogens with zero attached hydrogens (tertiary/aromatic N) is 4. The molecule has 2 heterocycles. The third-order valence-electron chi connectivity index (χ3n) is 4.56. The summed E-state index contributed by atoms with van der Waals surface area (Å²) in [6.45, 7) is 3.69. The molecule has 1 atom stereocenters. The Bertz CT molecular complexity index is 1160. The second-order valence-electron chi connectivity index (χ2n) is 6.69. The minimum Gasteiger partial charge on any atom is -0.324 e. The summed E-state index contributed by atoms with van der Waals surface area (Å²) in [6, 6.07) is 12.1. The van der Waals surface area contributed by atoms with Gasteiger partial charge in [-0.2, -0.15) is 10.2 Å². The van der Waals surface area contributed by atoms with E-state index in [-0.39, 0.29) is 11.8 Å². The number of H-pyrrole nitrogens is 1. The zero-order valence-corrected chi connectivity index (χ0v) is 15.9. The quantitative estimate of drug-likeness (QED) is 0.485. The van der Waals surface area contributed by atoms with Crippen LogP contribution in [0.25, 0.3) is 10.9 Å². The summed E-state index contributed by atoms with van der Waals surface area (Å²) < 4.78 is 1.47. The number of nitrogens with one attached hydrogen (secondary N) is 3. The number of carbonyl (C=O) groups excluding carboxylic acids is 2. The number of hydrogen-bond acceptors (Lipinski definition) is 5. The SMILES string of the molecule is Cc1ccc2[nH]nc(C(=O)Nc3ccc(NC(=O)C(C)n4cncn4)cc3)c2c1. The van der Waals surface area contributed by atoms with Gasteiger partial charge in [-0.15, -0.1) is 0 Å². The van der Waals surface area contributed by atoms with Crippen LogP contribution in [0.5, 0.6) is 0 Å². The largest absolute Gasteiger partial charge is 0.324 e. The summed E-state index contributed by atoms with van der Waals surface area (Å²) >= 11 is 0. The number of aromatic nitrogens is 5. The van der Waals surface area contributed by atoms with Gasteiger partial charge in [-0.1, -0.05) is 11.6 Å². The number of anilines is 2. The first kappa shape index (κ1) is 18.4. The van der Waals surface area contributed by atoms with Gasteiger partial charge in [0.25, 0.3) is 5.91 Å². The van der Waals surface area contributed by atoms with Crippen LogP contribution in [0, 0.1) is 6.92 Å². The third-order valence-corrected chi connectivity index (χ3v) is 4.56. The van der Waals surface area contributed by atoms with Crippen LogP contribution < -0.4 is 10.6 Å². The predicted octanol–water partition coefficient (Wildman–Crippen LogP) is 2.91. The average molecular weight is 389 g/mol. The third kappa shape index (κ3) is 3.84. The fourth-order valence-corrected chi connectivity index (χ4v) is 2.91.